The number of rotatable bonds is 37. The Morgan fingerprint density at radius 3 is 1.56 bits per heavy atom. The number of esters is 2. The van der Waals surface area contributed by atoms with Crippen molar-refractivity contribution < 1.29 is 56.8 Å². The van der Waals surface area contributed by atoms with Gasteiger partial charge >= 0.3 is 11.9 Å². The van der Waals surface area contributed by atoms with Crippen LogP contribution in [0.15, 0.2) is 48.6 Å². The number of unbranched alkanes of at least 4 members (excludes halogenated alkanes) is 17. The highest BCUT2D eigenvalue weighted by Gasteiger charge is 2.46. The molecule has 0 aliphatic carbocycles. The standard InChI is InChI=1S/C46H80O12S/c1-3-5-7-9-11-13-15-17-18-19-20-21-23-25-27-29-31-33-35-42(48)57-39(37-56-46-45(51)44(50)43(49)40(58-46)38-59(52,53)54)36-55-41(47)34-32-30-28-26-24-22-16-14-12-10-8-6-4-2/h8,10,13-16,18-19,39-40,43-46,49-51H,3-7,9,11-12,17,20-38H2,1-2H3,(H,52,53,54)/b10-8-,15-13-,16-14-,19-18-. The van der Waals surface area contributed by atoms with Gasteiger partial charge in [0.1, 0.15) is 36.8 Å². The zero-order chi connectivity index (χ0) is 43.4. The lowest BCUT2D eigenvalue weighted by Crippen LogP contribution is -2.60. The Morgan fingerprint density at radius 1 is 0.576 bits per heavy atom. The molecular formula is C46H80O12S. The van der Waals surface area contributed by atoms with Gasteiger partial charge in [-0.3, -0.25) is 14.1 Å². The van der Waals surface area contributed by atoms with Gasteiger partial charge in [-0.1, -0.05) is 140 Å². The van der Waals surface area contributed by atoms with Crippen molar-refractivity contribution in [3.05, 3.63) is 48.6 Å². The molecule has 0 spiro atoms. The van der Waals surface area contributed by atoms with Crippen LogP contribution in [0.4, 0.5) is 0 Å². The SMILES string of the molecule is CCC/C=C\C/C=C\CCCCCCCC(=O)OCC(COC1OC(CS(=O)(=O)O)C(O)C(O)C1O)OC(=O)CCCCCCCCC/C=C\C/C=C\CCCCCC. The van der Waals surface area contributed by atoms with Crippen molar-refractivity contribution in [3.63, 3.8) is 0 Å². The van der Waals surface area contributed by atoms with Crippen molar-refractivity contribution in [3.8, 4) is 0 Å². The summed E-state index contributed by atoms with van der Waals surface area (Å²) in [5.74, 6) is -2.01. The van der Waals surface area contributed by atoms with Crippen molar-refractivity contribution in [2.24, 2.45) is 0 Å². The van der Waals surface area contributed by atoms with E-state index >= 15 is 0 Å². The van der Waals surface area contributed by atoms with Gasteiger partial charge in [-0.2, -0.15) is 8.42 Å². The molecule has 1 saturated heterocycles. The molecule has 59 heavy (non-hydrogen) atoms. The largest absolute Gasteiger partial charge is 0.462 e. The van der Waals surface area contributed by atoms with Crippen LogP contribution in [0.25, 0.3) is 0 Å². The molecule has 1 aliphatic heterocycles. The second-order valence-corrected chi connectivity index (χ2v) is 17.2. The molecule has 0 amide bonds. The zero-order valence-corrected chi connectivity index (χ0v) is 37.2. The fourth-order valence-electron chi connectivity index (χ4n) is 6.57. The fourth-order valence-corrected chi connectivity index (χ4v) is 7.26. The number of hydrogen-bond donors (Lipinski definition) is 4. The third-order valence-electron chi connectivity index (χ3n) is 10.1. The second kappa shape index (κ2) is 36.3. The minimum absolute atomic E-state index is 0.151. The Bertz CT molecular complexity index is 1280. The monoisotopic (exact) mass is 857 g/mol. The molecule has 0 bridgehead atoms. The predicted molar refractivity (Wildman–Crippen MR) is 233 cm³/mol. The van der Waals surface area contributed by atoms with Crippen molar-refractivity contribution >= 4 is 22.1 Å². The molecule has 13 heteroatoms. The molecule has 0 radical (unpaired) electrons. The normalized spacial score (nSPS) is 20.7. The number of carbonyl (C=O) groups excluding carboxylic acids is 2. The van der Waals surface area contributed by atoms with E-state index in [-0.39, 0.29) is 19.4 Å². The average molecular weight is 857 g/mol. The van der Waals surface area contributed by atoms with Crippen LogP contribution in [0.3, 0.4) is 0 Å². The van der Waals surface area contributed by atoms with E-state index in [2.05, 4.69) is 62.5 Å². The van der Waals surface area contributed by atoms with Gasteiger partial charge in [0.25, 0.3) is 10.1 Å². The average Bonchev–Trinajstić information content (AvgIpc) is 3.20. The number of allylic oxidation sites excluding steroid dienone is 8. The van der Waals surface area contributed by atoms with Crippen molar-refractivity contribution in [1.29, 1.82) is 0 Å². The van der Waals surface area contributed by atoms with E-state index in [0.717, 1.165) is 96.3 Å². The Hall–Kier alpha value is -2.39. The third kappa shape index (κ3) is 31.2. The van der Waals surface area contributed by atoms with Crippen LogP contribution >= 0.6 is 0 Å². The van der Waals surface area contributed by atoms with Gasteiger partial charge in [-0.15, -0.1) is 0 Å². The summed E-state index contributed by atoms with van der Waals surface area (Å²) in [4.78, 5) is 25.4. The van der Waals surface area contributed by atoms with Crippen LogP contribution < -0.4 is 0 Å². The molecule has 1 fully saturated rings. The molecule has 4 N–H and O–H groups in total. The van der Waals surface area contributed by atoms with E-state index in [1.54, 1.807) is 0 Å². The first-order valence-electron chi connectivity index (χ1n) is 22.7. The minimum atomic E-state index is -4.61. The first-order chi connectivity index (χ1) is 28.5. The highest BCUT2D eigenvalue weighted by atomic mass is 32.2. The molecule has 1 rings (SSSR count). The van der Waals surface area contributed by atoms with E-state index in [1.165, 1.54) is 38.5 Å². The quantitative estimate of drug-likeness (QED) is 0.0201. The molecule has 6 unspecified atom stereocenters. The van der Waals surface area contributed by atoms with Crippen LogP contribution in [0.1, 0.15) is 174 Å². The molecule has 0 aromatic rings. The summed E-state index contributed by atoms with van der Waals surface area (Å²) in [6, 6.07) is 0. The number of aliphatic hydroxyl groups is 3. The van der Waals surface area contributed by atoms with Crippen molar-refractivity contribution in [1.82, 2.24) is 0 Å². The summed E-state index contributed by atoms with van der Waals surface area (Å²) >= 11 is 0. The molecule has 0 aromatic heterocycles. The lowest BCUT2D eigenvalue weighted by molar-refractivity contribution is -0.297. The molecule has 6 atom stereocenters. The maximum absolute atomic E-state index is 12.8. The van der Waals surface area contributed by atoms with Crippen LogP contribution in [0.2, 0.25) is 0 Å². The molecule has 0 saturated carbocycles. The summed E-state index contributed by atoms with van der Waals surface area (Å²) in [6.45, 7) is 3.65. The summed E-state index contributed by atoms with van der Waals surface area (Å²) in [6.07, 6.45) is 32.9. The first kappa shape index (κ1) is 54.6. The Kier molecular flexibility index (Phi) is 33.6. The van der Waals surface area contributed by atoms with E-state index in [4.69, 9.17) is 18.9 Å². The highest BCUT2D eigenvalue weighted by molar-refractivity contribution is 7.85. The molecule has 0 aromatic carbocycles. The molecule has 12 nitrogen and oxygen atoms in total. The number of carbonyl (C=O) groups is 2. The lowest BCUT2D eigenvalue weighted by Gasteiger charge is -2.40. The molecule has 1 aliphatic rings. The van der Waals surface area contributed by atoms with E-state index < -0.39 is 71.2 Å². The summed E-state index contributed by atoms with van der Waals surface area (Å²) in [5.41, 5.74) is 0. The van der Waals surface area contributed by atoms with Gasteiger partial charge in [0, 0.05) is 12.8 Å². The zero-order valence-electron chi connectivity index (χ0n) is 36.3. The van der Waals surface area contributed by atoms with Gasteiger partial charge in [-0.25, -0.2) is 0 Å². The summed E-state index contributed by atoms with van der Waals surface area (Å²) in [5, 5.41) is 30.9. The summed E-state index contributed by atoms with van der Waals surface area (Å²) in [7, 11) is -4.61. The topological polar surface area (TPSA) is 186 Å². The van der Waals surface area contributed by atoms with E-state index in [9.17, 15) is 37.9 Å². The van der Waals surface area contributed by atoms with Crippen LogP contribution in [0, 0.1) is 0 Å². The maximum atomic E-state index is 12.8. The minimum Gasteiger partial charge on any atom is -0.462 e. The number of ether oxygens (including phenoxy) is 4. The predicted octanol–water partition coefficient (Wildman–Crippen LogP) is 9.17. The smallest absolute Gasteiger partial charge is 0.306 e. The van der Waals surface area contributed by atoms with Crippen LogP contribution in [-0.4, -0.2) is 96.0 Å². The van der Waals surface area contributed by atoms with Gasteiger partial charge < -0.3 is 34.3 Å². The Balaban J connectivity index is 2.45. The van der Waals surface area contributed by atoms with Gasteiger partial charge in [0.15, 0.2) is 12.4 Å². The van der Waals surface area contributed by atoms with Crippen molar-refractivity contribution in [2.45, 2.75) is 211 Å². The molecular weight excluding hydrogens is 777 g/mol. The first-order valence-corrected chi connectivity index (χ1v) is 24.3. The summed E-state index contributed by atoms with van der Waals surface area (Å²) < 4.78 is 54.0. The van der Waals surface area contributed by atoms with Gasteiger partial charge in [-0.05, 0) is 70.6 Å². The van der Waals surface area contributed by atoms with Crippen LogP contribution in [-0.2, 0) is 38.7 Å². The molecule has 342 valence electrons. The highest BCUT2D eigenvalue weighted by Crippen LogP contribution is 2.24. The fraction of sp³-hybridized carbons (Fsp3) is 0.783. The maximum Gasteiger partial charge on any atom is 0.306 e. The van der Waals surface area contributed by atoms with Gasteiger partial charge in [0.05, 0.1) is 6.61 Å². The van der Waals surface area contributed by atoms with E-state index in [1.807, 2.05) is 0 Å². The Labute approximate surface area is 356 Å². The van der Waals surface area contributed by atoms with Gasteiger partial charge in [0.2, 0.25) is 0 Å². The third-order valence-corrected chi connectivity index (χ3v) is 10.9. The van der Waals surface area contributed by atoms with Crippen molar-refractivity contribution in [2.75, 3.05) is 19.0 Å². The van der Waals surface area contributed by atoms with E-state index in [0.29, 0.717) is 12.8 Å². The lowest BCUT2D eigenvalue weighted by atomic mass is 10.00. The second-order valence-electron chi connectivity index (χ2n) is 15.7. The molecule has 1 heterocycles. The Morgan fingerprint density at radius 2 is 1.05 bits per heavy atom. The number of hydrogen-bond acceptors (Lipinski definition) is 11. The van der Waals surface area contributed by atoms with Crippen LogP contribution in [0.5, 0.6) is 0 Å². The number of aliphatic hydroxyl groups excluding tert-OH is 3.